The Labute approximate surface area is 154 Å². The fraction of sp³-hybridized carbons (Fsp3) is 0.167. The number of halogens is 3. The fourth-order valence-electron chi connectivity index (χ4n) is 2.63. The van der Waals surface area contributed by atoms with E-state index in [0.29, 0.717) is 20.9 Å². The smallest absolute Gasteiger partial charge is 0.416 e. The summed E-state index contributed by atoms with van der Waals surface area (Å²) in [6.07, 6.45) is -5.10. The maximum absolute atomic E-state index is 12.8. The van der Waals surface area contributed by atoms with Gasteiger partial charge in [-0.2, -0.15) is 22.8 Å². The molecular formula is C18H12F3N3O2S. The summed E-state index contributed by atoms with van der Waals surface area (Å²) >= 11 is 1.16. The minimum Gasteiger partial charge on any atom is -0.483 e. The molecule has 1 atom stereocenters. The van der Waals surface area contributed by atoms with Crippen LogP contribution in [0.25, 0.3) is 15.9 Å². The first-order chi connectivity index (χ1) is 12.8. The molecule has 0 fully saturated rings. The second kappa shape index (κ2) is 6.34. The lowest BCUT2D eigenvalue weighted by Gasteiger charge is -2.13. The second-order valence-corrected chi connectivity index (χ2v) is 6.84. The molecule has 4 rings (SSSR count). The van der Waals surface area contributed by atoms with E-state index in [2.05, 4.69) is 10.1 Å². The van der Waals surface area contributed by atoms with Crippen molar-refractivity contribution >= 4 is 27.2 Å². The first kappa shape index (κ1) is 17.5. The van der Waals surface area contributed by atoms with Crippen LogP contribution in [0.4, 0.5) is 13.2 Å². The second-order valence-electron chi connectivity index (χ2n) is 5.85. The van der Waals surface area contributed by atoms with Gasteiger partial charge in [-0.25, -0.2) is 4.98 Å². The lowest BCUT2D eigenvalue weighted by molar-refractivity contribution is -0.137. The Hall–Kier alpha value is -2.94. The molecule has 0 radical (unpaired) electrons. The average molecular weight is 391 g/mol. The molecule has 9 heteroatoms. The molecule has 0 bridgehead atoms. The van der Waals surface area contributed by atoms with E-state index in [1.165, 1.54) is 16.6 Å². The van der Waals surface area contributed by atoms with Gasteiger partial charge in [-0.05, 0) is 37.3 Å². The maximum Gasteiger partial charge on any atom is 0.416 e. The molecule has 0 unspecified atom stereocenters. The molecule has 0 amide bonds. The van der Waals surface area contributed by atoms with Crippen molar-refractivity contribution in [3.63, 3.8) is 0 Å². The summed E-state index contributed by atoms with van der Waals surface area (Å²) in [5, 5.41) is 5.12. The predicted molar refractivity (Wildman–Crippen MR) is 95.1 cm³/mol. The molecule has 0 N–H and O–H groups in total. The van der Waals surface area contributed by atoms with Gasteiger partial charge in [0.2, 0.25) is 4.96 Å². The highest BCUT2D eigenvalue weighted by atomic mass is 32.1. The summed E-state index contributed by atoms with van der Waals surface area (Å²) < 4.78 is 45.3. The van der Waals surface area contributed by atoms with Crippen molar-refractivity contribution in [3.8, 4) is 5.75 Å². The molecule has 2 heterocycles. The van der Waals surface area contributed by atoms with Crippen molar-refractivity contribution in [3.05, 3.63) is 69.5 Å². The van der Waals surface area contributed by atoms with E-state index < -0.39 is 17.8 Å². The Balaban J connectivity index is 1.69. The summed E-state index contributed by atoms with van der Waals surface area (Å²) in [5.74, 6) is 0.0713. The topological polar surface area (TPSA) is 56.5 Å². The third-order valence-electron chi connectivity index (χ3n) is 3.94. The summed E-state index contributed by atoms with van der Waals surface area (Å²) in [7, 11) is 0. The van der Waals surface area contributed by atoms with E-state index in [-0.39, 0.29) is 11.3 Å². The zero-order valence-electron chi connectivity index (χ0n) is 13.9. The molecule has 2 aromatic heterocycles. The van der Waals surface area contributed by atoms with Gasteiger partial charge in [0.15, 0.2) is 5.01 Å². The van der Waals surface area contributed by atoms with Gasteiger partial charge in [0.05, 0.1) is 16.5 Å². The number of alkyl halides is 3. The molecule has 0 aliphatic heterocycles. The van der Waals surface area contributed by atoms with Crippen LogP contribution in [0.3, 0.4) is 0 Å². The van der Waals surface area contributed by atoms with Crippen molar-refractivity contribution in [1.82, 2.24) is 14.6 Å². The first-order valence-corrected chi connectivity index (χ1v) is 8.77. The Morgan fingerprint density at radius 3 is 2.70 bits per heavy atom. The molecule has 0 aliphatic rings. The summed E-state index contributed by atoms with van der Waals surface area (Å²) in [4.78, 5) is 17.3. The maximum atomic E-state index is 12.8. The average Bonchev–Trinajstić information content (AvgIpc) is 3.06. The molecule has 4 aromatic rings. The molecule has 2 aromatic carbocycles. The zero-order valence-corrected chi connectivity index (χ0v) is 14.7. The summed E-state index contributed by atoms with van der Waals surface area (Å²) in [6, 6.07) is 11.6. The van der Waals surface area contributed by atoms with E-state index in [9.17, 15) is 18.0 Å². The summed E-state index contributed by atoms with van der Waals surface area (Å²) in [5.41, 5.74) is -0.533. The number of hydrogen-bond donors (Lipinski definition) is 0. The van der Waals surface area contributed by atoms with Gasteiger partial charge in [0, 0.05) is 0 Å². The zero-order chi connectivity index (χ0) is 19.2. The molecule has 138 valence electrons. The SMILES string of the molecule is C[C@H](Oc1cccc(C(F)(F)F)c1)c1nn2c(=O)c3ccccc3nc2s1. The number of aromatic nitrogens is 3. The molecule has 5 nitrogen and oxygen atoms in total. The molecule has 27 heavy (non-hydrogen) atoms. The van der Waals surface area contributed by atoms with Gasteiger partial charge < -0.3 is 4.74 Å². The normalized spacial score (nSPS) is 13.2. The quantitative estimate of drug-likeness (QED) is 0.517. The number of para-hydroxylation sites is 1. The Bertz CT molecular complexity index is 1200. The number of ether oxygens (including phenoxy) is 1. The molecule has 0 spiro atoms. The molecular weight excluding hydrogens is 379 g/mol. The van der Waals surface area contributed by atoms with Crippen molar-refractivity contribution in [2.75, 3.05) is 0 Å². The van der Waals surface area contributed by atoms with E-state index in [1.807, 2.05) is 0 Å². The van der Waals surface area contributed by atoms with Crippen LogP contribution in [0.2, 0.25) is 0 Å². The van der Waals surface area contributed by atoms with Gasteiger partial charge in [0.25, 0.3) is 5.56 Å². The van der Waals surface area contributed by atoms with Crippen LogP contribution < -0.4 is 10.3 Å². The van der Waals surface area contributed by atoms with Crippen LogP contribution in [-0.2, 0) is 6.18 Å². The fourth-order valence-corrected chi connectivity index (χ4v) is 3.51. The molecule has 0 saturated heterocycles. The van der Waals surface area contributed by atoms with Crippen LogP contribution in [-0.4, -0.2) is 14.6 Å². The lowest BCUT2D eigenvalue weighted by atomic mass is 10.2. The van der Waals surface area contributed by atoms with E-state index >= 15 is 0 Å². The largest absolute Gasteiger partial charge is 0.483 e. The predicted octanol–water partition coefficient (Wildman–Crippen LogP) is 4.46. The van der Waals surface area contributed by atoms with Gasteiger partial charge in [-0.1, -0.05) is 29.5 Å². The minimum atomic E-state index is -4.45. The van der Waals surface area contributed by atoms with Crippen LogP contribution in [0, 0.1) is 0 Å². The van der Waals surface area contributed by atoms with Crippen LogP contribution >= 0.6 is 11.3 Å². The number of fused-ring (bicyclic) bond motifs is 2. The van der Waals surface area contributed by atoms with Crippen molar-refractivity contribution < 1.29 is 17.9 Å². The summed E-state index contributed by atoms with van der Waals surface area (Å²) in [6.45, 7) is 1.66. The van der Waals surface area contributed by atoms with Crippen molar-refractivity contribution in [1.29, 1.82) is 0 Å². The Morgan fingerprint density at radius 2 is 1.93 bits per heavy atom. The lowest BCUT2D eigenvalue weighted by Crippen LogP contribution is -2.15. The Morgan fingerprint density at radius 1 is 1.15 bits per heavy atom. The van der Waals surface area contributed by atoms with E-state index in [0.717, 1.165) is 23.5 Å². The number of hydrogen-bond acceptors (Lipinski definition) is 5. The standard InChI is InChI=1S/C18H12F3N3O2S/c1-10(26-12-6-4-5-11(9-12)18(19,20)21)15-23-24-16(25)13-7-2-3-8-14(13)22-17(24)27-15/h2-10H,1H3/t10-/m0/s1. The third kappa shape index (κ3) is 3.25. The van der Waals surface area contributed by atoms with E-state index in [4.69, 9.17) is 4.74 Å². The highest BCUT2D eigenvalue weighted by Crippen LogP contribution is 2.33. The number of benzene rings is 2. The first-order valence-electron chi connectivity index (χ1n) is 7.95. The van der Waals surface area contributed by atoms with Gasteiger partial charge in [-0.3, -0.25) is 4.79 Å². The monoisotopic (exact) mass is 391 g/mol. The van der Waals surface area contributed by atoms with Gasteiger partial charge >= 0.3 is 6.18 Å². The molecule has 0 aliphatic carbocycles. The van der Waals surface area contributed by atoms with E-state index in [1.54, 1.807) is 31.2 Å². The van der Waals surface area contributed by atoms with Crippen molar-refractivity contribution in [2.24, 2.45) is 0 Å². The highest BCUT2D eigenvalue weighted by molar-refractivity contribution is 7.16. The van der Waals surface area contributed by atoms with Crippen LogP contribution in [0.15, 0.2) is 53.3 Å². The Kier molecular flexibility index (Phi) is 4.11. The third-order valence-corrected chi connectivity index (χ3v) is 5.01. The number of rotatable bonds is 3. The van der Waals surface area contributed by atoms with Gasteiger partial charge in [0.1, 0.15) is 11.9 Å². The van der Waals surface area contributed by atoms with Crippen LogP contribution in [0.1, 0.15) is 23.6 Å². The number of nitrogens with zero attached hydrogens (tertiary/aromatic N) is 3. The van der Waals surface area contributed by atoms with Gasteiger partial charge in [-0.15, -0.1) is 0 Å². The van der Waals surface area contributed by atoms with Crippen molar-refractivity contribution in [2.45, 2.75) is 19.2 Å². The molecule has 0 saturated carbocycles. The highest BCUT2D eigenvalue weighted by Gasteiger charge is 2.30. The van der Waals surface area contributed by atoms with Crippen LogP contribution in [0.5, 0.6) is 5.75 Å². The minimum absolute atomic E-state index is 0.0713.